The largest absolute Gasteiger partial charge is 0.349 e. The highest BCUT2D eigenvalue weighted by molar-refractivity contribution is 6.36. The van der Waals surface area contributed by atoms with Gasteiger partial charge in [0.25, 0.3) is 5.91 Å². The zero-order valence-electron chi connectivity index (χ0n) is 8.54. The van der Waals surface area contributed by atoms with E-state index < -0.39 is 0 Å². The number of nitrogens with one attached hydrogen (secondary N) is 1. The van der Waals surface area contributed by atoms with Crippen LogP contribution < -0.4 is 11.1 Å². The Bertz CT molecular complexity index is 405. The van der Waals surface area contributed by atoms with E-state index in [9.17, 15) is 4.79 Å². The van der Waals surface area contributed by atoms with E-state index in [0.717, 1.165) is 0 Å². The van der Waals surface area contributed by atoms with Gasteiger partial charge in [-0.05, 0) is 18.2 Å². The average Bonchev–Trinajstić information content (AvgIpc) is 2.24. The van der Waals surface area contributed by atoms with Gasteiger partial charge in [-0.3, -0.25) is 4.79 Å². The quantitative estimate of drug-likeness (QED) is 0.815. The summed E-state index contributed by atoms with van der Waals surface area (Å²) in [5.74, 6) is -0.233. The van der Waals surface area contributed by atoms with Gasteiger partial charge in [0.2, 0.25) is 0 Å². The molecule has 0 atom stereocenters. The number of carbonyl (C=O) groups is 1. The van der Waals surface area contributed by atoms with Gasteiger partial charge in [-0.15, -0.1) is 0 Å². The third kappa shape index (κ3) is 3.85. The SMILES string of the molecule is NC/C=C/CNC(=O)c1ccc(Cl)cc1Cl. The first-order valence-corrected chi connectivity index (χ1v) is 5.49. The maximum Gasteiger partial charge on any atom is 0.253 e. The maximum atomic E-state index is 11.6. The Morgan fingerprint density at radius 3 is 2.75 bits per heavy atom. The van der Waals surface area contributed by atoms with Crippen molar-refractivity contribution in [1.82, 2.24) is 5.32 Å². The van der Waals surface area contributed by atoms with Crippen LogP contribution in [-0.2, 0) is 0 Å². The summed E-state index contributed by atoms with van der Waals surface area (Å²) in [6.07, 6.45) is 3.55. The van der Waals surface area contributed by atoms with Gasteiger partial charge in [-0.1, -0.05) is 35.4 Å². The topological polar surface area (TPSA) is 55.1 Å². The van der Waals surface area contributed by atoms with Crippen LogP contribution in [0.25, 0.3) is 0 Å². The van der Waals surface area contributed by atoms with Gasteiger partial charge in [-0.2, -0.15) is 0 Å². The molecule has 86 valence electrons. The van der Waals surface area contributed by atoms with Crippen molar-refractivity contribution in [2.45, 2.75) is 0 Å². The first-order valence-electron chi connectivity index (χ1n) is 4.73. The first-order chi connectivity index (χ1) is 7.65. The standard InChI is InChI=1S/C11H12Cl2N2O/c12-8-3-4-9(10(13)7-8)11(16)15-6-2-1-5-14/h1-4,7H,5-6,14H2,(H,15,16)/b2-1+. The van der Waals surface area contributed by atoms with E-state index in [0.29, 0.717) is 28.7 Å². The normalized spacial score (nSPS) is 10.7. The molecule has 1 rings (SSSR count). The molecule has 0 saturated heterocycles. The van der Waals surface area contributed by atoms with E-state index in [1.54, 1.807) is 24.3 Å². The first kappa shape index (κ1) is 13.0. The van der Waals surface area contributed by atoms with Crippen LogP contribution in [0.1, 0.15) is 10.4 Å². The zero-order chi connectivity index (χ0) is 12.0. The third-order valence-electron chi connectivity index (χ3n) is 1.86. The van der Waals surface area contributed by atoms with E-state index in [1.165, 1.54) is 6.07 Å². The molecule has 0 unspecified atom stereocenters. The van der Waals surface area contributed by atoms with Crippen molar-refractivity contribution in [3.8, 4) is 0 Å². The Hall–Kier alpha value is -1.03. The van der Waals surface area contributed by atoms with Gasteiger partial charge in [0.15, 0.2) is 0 Å². The van der Waals surface area contributed by atoms with Gasteiger partial charge in [0, 0.05) is 18.1 Å². The van der Waals surface area contributed by atoms with E-state index in [-0.39, 0.29) is 5.91 Å². The summed E-state index contributed by atoms with van der Waals surface area (Å²) >= 11 is 11.6. The van der Waals surface area contributed by atoms with Gasteiger partial charge < -0.3 is 11.1 Å². The molecular weight excluding hydrogens is 247 g/mol. The predicted molar refractivity (Wildman–Crippen MR) is 67.0 cm³/mol. The monoisotopic (exact) mass is 258 g/mol. The van der Waals surface area contributed by atoms with Crippen LogP contribution in [-0.4, -0.2) is 19.0 Å². The number of hydrogen-bond donors (Lipinski definition) is 2. The van der Waals surface area contributed by atoms with Crippen molar-refractivity contribution < 1.29 is 4.79 Å². The highest BCUT2D eigenvalue weighted by Gasteiger charge is 2.08. The smallest absolute Gasteiger partial charge is 0.253 e. The van der Waals surface area contributed by atoms with Gasteiger partial charge >= 0.3 is 0 Å². The second-order valence-electron chi connectivity index (χ2n) is 3.04. The number of amides is 1. The summed E-state index contributed by atoms with van der Waals surface area (Å²) in [5.41, 5.74) is 5.67. The molecule has 1 aromatic rings. The second-order valence-corrected chi connectivity index (χ2v) is 3.88. The van der Waals surface area contributed by atoms with Crippen LogP contribution in [0.3, 0.4) is 0 Å². The lowest BCUT2D eigenvalue weighted by Crippen LogP contribution is -2.23. The number of rotatable bonds is 4. The van der Waals surface area contributed by atoms with Crippen LogP contribution in [0, 0.1) is 0 Å². The molecule has 5 heteroatoms. The molecule has 0 aromatic heterocycles. The lowest BCUT2D eigenvalue weighted by molar-refractivity contribution is 0.0958. The van der Waals surface area contributed by atoms with E-state index in [2.05, 4.69) is 5.32 Å². The summed E-state index contributed by atoms with van der Waals surface area (Å²) in [4.78, 5) is 11.6. The Morgan fingerprint density at radius 1 is 1.38 bits per heavy atom. The molecule has 0 saturated carbocycles. The second kappa shape index (κ2) is 6.53. The molecule has 0 radical (unpaired) electrons. The fourth-order valence-electron chi connectivity index (χ4n) is 1.10. The molecule has 3 N–H and O–H groups in total. The molecule has 0 aliphatic carbocycles. The molecule has 1 aromatic carbocycles. The molecule has 16 heavy (non-hydrogen) atoms. The number of benzene rings is 1. The highest BCUT2D eigenvalue weighted by atomic mass is 35.5. The van der Waals surface area contributed by atoms with E-state index >= 15 is 0 Å². The molecular formula is C11H12Cl2N2O. The molecule has 0 aliphatic heterocycles. The van der Waals surface area contributed by atoms with E-state index in [1.807, 2.05) is 0 Å². The van der Waals surface area contributed by atoms with Crippen molar-refractivity contribution in [1.29, 1.82) is 0 Å². The Labute approximate surface area is 104 Å². The van der Waals surface area contributed by atoms with Gasteiger partial charge in [-0.25, -0.2) is 0 Å². The molecule has 0 bridgehead atoms. The minimum Gasteiger partial charge on any atom is -0.349 e. The predicted octanol–water partition coefficient (Wildman–Crippen LogP) is 2.24. The number of carbonyl (C=O) groups excluding carboxylic acids is 1. The van der Waals surface area contributed by atoms with E-state index in [4.69, 9.17) is 28.9 Å². The van der Waals surface area contributed by atoms with Crippen LogP contribution in [0.5, 0.6) is 0 Å². The lowest BCUT2D eigenvalue weighted by Gasteiger charge is -2.04. The third-order valence-corrected chi connectivity index (χ3v) is 2.41. The average molecular weight is 259 g/mol. The molecule has 3 nitrogen and oxygen atoms in total. The number of halogens is 2. The van der Waals surface area contributed by atoms with Crippen molar-refractivity contribution in [2.75, 3.05) is 13.1 Å². The minimum atomic E-state index is -0.233. The summed E-state index contributed by atoms with van der Waals surface area (Å²) in [6.45, 7) is 0.882. The van der Waals surface area contributed by atoms with Crippen molar-refractivity contribution in [3.05, 3.63) is 46.0 Å². The summed E-state index contributed by atoms with van der Waals surface area (Å²) in [7, 11) is 0. The Kier molecular flexibility index (Phi) is 5.32. The van der Waals surface area contributed by atoms with Crippen LogP contribution in [0.4, 0.5) is 0 Å². The molecule has 0 aliphatic rings. The van der Waals surface area contributed by atoms with Crippen LogP contribution in [0.2, 0.25) is 10.0 Å². The summed E-state index contributed by atoms with van der Waals surface area (Å²) < 4.78 is 0. The van der Waals surface area contributed by atoms with Gasteiger partial charge in [0.1, 0.15) is 0 Å². The molecule has 0 heterocycles. The van der Waals surface area contributed by atoms with Crippen molar-refractivity contribution in [2.24, 2.45) is 5.73 Å². The highest BCUT2D eigenvalue weighted by Crippen LogP contribution is 2.20. The molecule has 0 fully saturated rings. The minimum absolute atomic E-state index is 0.233. The number of nitrogens with two attached hydrogens (primary N) is 1. The summed E-state index contributed by atoms with van der Waals surface area (Å²) in [5, 5.41) is 3.53. The maximum absolute atomic E-state index is 11.6. The van der Waals surface area contributed by atoms with Crippen LogP contribution in [0.15, 0.2) is 30.4 Å². The Morgan fingerprint density at radius 2 is 2.12 bits per heavy atom. The zero-order valence-corrected chi connectivity index (χ0v) is 10.1. The Balaban J connectivity index is 2.63. The fraction of sp³-hybridized carbons (Fsp3) is 0.182. The fourth-order valence-corrected chi connectivity index (χ4v) is 1.59. The lowest BCUT2D eigenvalue weighted by atomic mass is 10.2. The molecule has 0 spiro atoms. The van der Waals surface area contributed by atoms with Crippen molar-refractivity contribution in [3.63, 3.8) is 0 Å². The summed E-state index contributed by atoms with van der Waals surface area (Å²) in [6, 6.07) is 4.75. The van der Waals surface area contributed by atoms with Crippen molar-refractivity contribution >= 4 is 29.1 Å². The van der Waals surface area contributed by atoms with Gasteiger partial charge in [0.05, 0.1) is 10.6 Å². The number of hydrogen-bond acceptors (Lipinski definition) is 2. The van der Waals surface area contributed by atoms with Crippen LogP contribution >= 0.6 is 23.2 Å². The molecule has 1 amide bonds.